The Bertz CT molecular complexity index is 3170. The van der Waals surface area contributed by atoms with Crippen molar-refractivity contribution >= 4 is 65.4 Å². The minimum Gasteiger partial charge on any atom is -0.456 e. The van der Waals surface area contributed by atoms with E-state index in [9.17, 15) is 0 Å². The summed E-state index contributed by atoms with van der Waals surface area (Å²) in [6, 6.07) is 59.0. The fourth-order valence-electron chi connectivity index (χ4n) is 7.74. The van der Waals surface area contributed by atoms with Gasteiger partial charge in [0, 0.05) is 49.2 Å². The maximum Gasteiger partial charge on any atom is 0.160 e. The average molecular weight is 665 g/mol. The van der Waals surface area contributed by atoms with Gasteiger partial charge in [-0.25, -0.2) is 9.97 Å². The summed E-state index contributed by atoms with van der Waals surface area (Å²) in [7, 11) is 0. The molecule has 0 aliphatic heterocycles. The van der Waals surface area contributed by atoms with Gasteiger partial charge in [0.1, 0.15) is 22.3 Å². The molecule has 0 spiro atoms. The highest BCUT2D eigenvalue weighted by Crippen LogP contribution is 2.41. The Balaban J connectivity index is 1.03. The van der Waals surface area contributed by atoms with Crippen molar-refractivity contribution in [1.82, 2.24) is 9.97 Å². The summed E-state index contributed by atoms with van der Waals surface area (Å²) in [5.74, 6) is 0.660. The normalized spacial score (nSPS) is 11.8. The first-order valence-corrected chi connectivity index (χ1v) is 17.5. The number of hydrogen-bond acceptors (Lipinski definition) is 4. The van der Waals surface area contributed by atoms with Gasteiger partial charge in [0.15, 0.2) is 5.82 Å². The number of furan rings is 2. The monoisotopic (exact) mass is 664 g/mol. The first-order valence-electron chi connectivity index (χ1n) is 17.5. The van der Waals surface area contributed by atoms with Gasteiger partial charge >= 0.3 is 0 Å². The van der Waals surface area contributed by atoms with Gasteiger partial charge in [-0.1, -0.05) is 140 Å². The van der Waals surface area contributed by atoms with Gasteiger partial charge in [0.05, 0.1) is 11.4 Å². The van der Waals surface area contributed by atoms with Crippen molar-refractivity contribution < 1.29 is 8.83 Å². The highest BCUT2D eigenvalue weighted by atomic mass is 16.3. The van der Waals surface area contributed by atoms with E-state index in [0.717, 1.165) is 88.5 Å². The molecule has 4 nitrogen and oxygen atoms in total. The van der Waals surface area contributed by atoms with Crippen molar-refractivity contribution in [2.45, 2.75) is 0 Å². The molecule has 0 fully saturated rings. The van der Waals surface area contributed by atoms with Crippen LogP contribution in [0.25, 0.3) is 110 Å². The number of benzene rings is 8. The van der Waals surface area contributed by atoms with Crippen molar-refractivity contribution in [3.63, 3.8) is 0 Å². The number of nitrogens with zero attached hydrogens (tertiary/aromatic N) is 2. The third kappa shape index (κ3) is 4.48. The Hall–Kier alpha value is -7.04. The lowest BCUT2D eigenvalue weighted by molar-refractivity contribution is 0.669. The molecule has 0 N–H and O–H groups in total. The van der Waals surface area contributed by atoms with Crippen LogP contribution in [-0.2, 0) is 0 Å². The standard InChI is InChI=1S/C48H28N2O2/c1-2-10-31(11-3-1)41-28-42(34-24-25-38-37-13-6-7-16-43(37)51-44(38)27-34)50-48(49-41)33-21-18-30(19-22-33)36-14-8-15-39-40-26-23-32-20-17-29-9-4-5-12-35(29)45(32)47(40)52-46(36)39/h1-28H. The SMILES string of the molecule is c1ccc(-c2cc(-c3ccc4c(c3)oc3ccccc34)nc(-c3ccc(-c4cccc5c4oc4c5ccc5ccc6ccccc6c54)cc3)n2)cc1. The molecule has 0 saturated carbocycles. The molecule has 11 rings (SSSR count). The molecule has 8 aromatic carbocycles. The molecule has 0 saturated heterocycles. The molecule has 0 unspecified atom stereocenters. The van der Waals surface area contributed by atoms with Crippen LogP contribution >= 0.6 is 0 Å². The van der Waals surface area contributed by atoms with E-state index < -0.39 is 0 Å². The summed E-state index contributed by atoms with van der Waals surface area (Å²) in [4.78, 5) is 10.2. The van der Waals surface area contributed by atoms with Crippen molar-refractivity contribution in [2.75, 3.05) is 0 Å². The second kappa shape index (κ2) is 11.2. The molecular formula is C48H28N2O2. The quantitative estimate of drug-likeness (QED) is 0.176. The Morgan fingerprint density at radius 2 is 0.981 bits per heavy atom. The van der Waals surface area contributed by atoms with Crippen molar-refractivity contribution in [3.05, 3.63) is 170 Å². The minimum absolute atomic E-state index is 0.660. The van der Waals surface area contributed by atoms with Gasteiger partial charge in [-0.15, -0.1) is 0 Å². The van der Waals surface area contributed by atoms with Gasteiger partial charge in [-0.2, -0.15) is 0 Å². The molecule has 242 valence electrons. The Morgan fingerprint density at radius 1 is 0.346 bits per heavy atom. The van der Waals surface area contributed by atoms with E-state index in [2.05, 4.69) is 133 Å². The maximum atomic E-state index is 6.82. The third-order valence-electron chi connectivity index (χ3n) is 10.3. The zero-order valence-corrected chi connectivity index (χ0v) is 27.9. The summed E-state index contributed by atoms with van der Waals surface area (Å²) in [6.07, 6.45) is 0. The molecule has 0 aliphatic rings. The van der Waals surface area contributed by atoms with E-state index >= 15 is 0 Å². The smallest absolute Gasteiger partial charge is 0.160 e. The van der Waals surface area contributed by atoms with Crippen LogP contribution in [-0.4, -0.2) is 9.97 Å². The van der Waals surface area contributed by atoms with Crippen molar-refractivity contribution in [3.8, 4) is 45.0 Å². The Kier molecular flexibility index (Phi) is 6.22. The molecule has 0 radical (unpaired) electrons. The van der Waals surface area contributed by atoms with Gasteiger partial charge < -0.3 is 8.83 Å². The lowest BCUT2D eigenvalue weighted by atomic mass is 9.98. The van der Waals surface area contributed by atoms with Crippen molar-refractivity contribution in [1.29, 1.82) is 0 Å². The van der Waals surface area contributed by atoms with Crippen molar-refractivity contribution in [2.24, 2.45) is 0 Å². The fourth-order valence-corrected chi connectivity index (χ4v) is 7.74. The van der Waals surface area contributed by atoms with Gasteiger partial charge in [-0.3, -0.25) is 0 Å². The van der Waals surface area contributed by atoms with Crippen LogP contribution in [0, 0.1) is 0 Å². The van der Waals surface area contributed by atoms with E-state index in [1.807, 2.05) is 36.4 Å². The number of hydrogen-bond donors (Lipinski definition) is 0. The van der Waals surface area contributed by atoms with Crippen LogP contribution in [0.15, 0.2) is 179 Å². The number of fused-ring (bicyclic) bond motifs is 10. The molecule has 0 atom stereocenters. The second-order valence-electron chi connectivity index (χ2n) is 13.3. The lowest BCUT2D eigenvalue weighted by Crippen LogP contribution is -1.96. The Labute approximate surface area is 298 Å². The predicted octanol–water partition coefficient (Wildman–Crippen LogP) is 13.2. The first-order chi connectivity index (χ1) is 25.7. The average Bonchev–Trinajstić information content (AvgIpc) is 3.79. The molecule has 0 bridgehead atoms. The zero-order chi connectivity index (χ0) is 34.2. The number of aromatic nitrogens is 2. The third-order valence-corrected chi connectivity index (χ3v) is 10.3. The maximum absolute atomic E-state index is 6.82. The molecule has 0 aliphatic carbocycles. The summed E-state index contributed by atoms with van der Waals surface area (Å²) in [6.45, 7) is 0. The van der Waals surface area contributed by atoms with E-state index in [1.165, 1.54) is 16.2 Å². The van der Waals surface area contributed by atoms with E-state index in [4.69, 9.17) is 18.8 Å². The molecular weight excluding hydrogens is 637 g/mol. The van der Waals surface area contributed by atoms with Crippen LogP contribution < -0.4 is 0 Å². The van der Waals surface area contributed by atoms with Crippen LogP contribution in [0.3, 0.4) is 0 Å². The summed E-state index contributed by atoms with van der Waals surface area (Å²) in [5.41, 5.74) is 10.3. The van der Waals surface area contributed by atoms with Crippen LogP contribution in [0.4, 0.5) is 0 Å². The minimum atomic E-state index is 0.660. The molecule has 4 heteroatoms. The number of para-hydroxylation sites is 2. The van der Waals surface area contributed by atoms with E-state index in [1.54, 1.807) is 0 Å². The fraction of sp³-hybridized carbons (Fsp3) is 0. The first kappa shape index (κ1) is 28.8. The van der Waals surface area contributed by atoms with Crippen LogP contribution in [0.2, 0.25) is 0 Å². The summed E-state index contributed by atoms with van der Waals surface area (Å²) in [5, 5.41) is 9.16. The second-order valence-corrected chi connectivity index (χ2v) is 13.3. The van der Waals surface area contributed by atoms with Crippen LogP contribution in [0.1, 0.15) is 0 Å². The highest BCUT2D eigenvalue weighted by Gasteiger charge is 2.17. The number of rotatable bonds is 4. The Morgan fingerprint density at radius 3 is 1.87 bits per heavy atom. The molecule has 3 heterocycles. The molecule has 11 aromatic rings. The molecule has 3 aromatic heterocycles. The van der Waals surface area contributed by atoms with Crippen LogP contribution in [0.5, 0.6) is 0 Å². The highest BCUT2D eigenvalue weighted by molar-refractivity contribution is 6.24. The largest absolute Gasteiger partial charge is 0.456 e. The lowest BCUT2D eigenvalue weighted by Gasteiger charge is -2.10. The molecule has 52 heavy (non-hydrogen) atoms. The summed E-state index contributed by atoms with van der Waals surface area (Å²) >= 11 is 0. The van der Waals surface area contributed by atoms with Gasteiger partial charge in [-0.05, 0) is 52.1 Å². The van der Waals surface area contributed by atoms with Gasteiger partial charge in [0.25, 0.3) is 0 Å². The predicted molar refractivity (Wildman–Crippen MR) is 213 cm³/mol. The van der Waals surface area contributed by atoms with Gasteiger partial charge in [0.2, 0.25) is 0 Å². The van der Waals surface area contributed by atoms with E-state index in [0.29, 0.717) is 5.82 Å². The summed E-state index contributed by atoms with van der Waals surface area (Å²) < 4.78 is 13.1. The zero-order valence-electron chi connectivity index (χ0n) is 27.9. The molecule has 0 amide bonds. The topological polar surface area (TPSA) is 52.1 Å². The van der Waals surface area contributed by atoms with E-state index in [-0.39, 0.29) is 0 Å².